The van der Waals surface area contributed by atoms with Gasteiger partial charge in [0.1, 0.15) is 12.1 Å². The number of halogens is 1. The van der Waals surface area contributed by atoms with Gasteiger partial charge in [0, 0.05) is 17.6 Å². The van der Waals surface area contributed by atoms with Gasteiger partial charge in [0.25, 0.3) is 0 Å². The van der Waals surface area contributed by atoms with Crippen LogP contribution in [-0.4, -0.2) is 19.7 Å². The van der Waals surface area contributed by atoms with E-state index < -0.39 is 0 Å². The molecule has 4 aromatic rings. The average molecular weight is 362 g/mol. The van der Waals surface area contributed by atoms with Crippen molar-refractivity contribution in [1.29, 1.82) is 0 Å². The number of benzene rings is 2. The summed E-state index contributed by atoms with van der Waals surface area (Å²) < 4.78 is 1.74. The monoisotopic (exact) mass is 361 g/mol. The van der Waals surface area contributed by atoms with Gasteiger partial charge in [-0.3, -0.25) is 0 Å². The second-order valence-corrected chi connectivity index (χ2v) is 6.36. The van der Waals surface area contributed by atoms with E-state index in [0.29, 0.717) is 16.7 Å². The van der Waals surface area contributed by atoms with E-state index in [4.69, 9.17) is 17.3 Å². The number of anilines is 1. The molecule has 0 aliphatic rings. The van der Waals surface area contributed by atoms with E-state index in [9.17, 15) is 0 Å². The summed E-state index contributed by atoms with van der Waals surface area (Å²) in [5, 5.41) is 5.13. The molecule has 0 aliphatic carbocycles. The molecule has 0 bridgehead atoms. The van der Waals surface area contributed by atoms with E-state index in [1.807, 2.05) is 54.9 Å². The molecule has 0 unspecified atom stereocenters. The van der Waals surface area contributed by atoms with Gasteiger partial charge in [-0.25, -0.2) is 14.6 Å². The minimum atomic E-state index is 0.400. The van der Waals surface area contributed by atoms with Crippen LogP contribution in [0.5, 0.6) is 0 Å². The Labute approximate surface area is 156 Å². The van der Waals surface area contributed by atoms with Crippen LogP contribution in [0.2, 0.25) is 5.02 Å². The molecule has 0 saturated carbocycles. The van der Waals surface area contributed by atoms with Crippen LogP contribution in [0.25, 0.3) is 16.9 Å². The van der Waals surface area contributed by atoms with Crippen molar-refractivity contribution in [3.05, 3.63) is 89.5 Å². The van der Waals surface area contributed by atoms with Gasteiger partial charge in [-0.15, -0.1) is 0 Å². The molecule has 0 atom stereocenters. The lowest BCUT2D eigenvalue weighted by atomic mass is 10.1. The maximum Gasteiger partial charge on any atom is 0.166 e. The number of nitrogen functional groups attached to an aromatic ring is 1. The molecule has 4 rings (SSSR count). The topological polar surface area (TPSA) is 69.6 Å². The van der Waals surface area contributed by atoms with E-state index in [0.717, 1.165) is 23.1 Å². The van der Waals surface area contributed by atoms with E-state index in [2.05, 4.69) is 27.2 Å². The molecule has 2 aromatic carbocycles. The molecule has 5 nitrogen and oxygen atoms in total. The third kappa shape index (κ3) is 3.30. The normalized spacial score (nSPS) is 10.8. The van der Waals surface area contributed by atoms with E-state index in [1.54, 1.807) is 4.68 Å². The number of rotatable bonds is 4. The Bertz CT molecular complexity index is 1030. The van der Waals surface area contributed by atoms with Crippen LogP contribution in [0.15, 0.2) is 73.3 Å². The quantitative estimate of drug-likeness (QED) is 0.592. The van der Waals surface area contributed by atoms with Crippen molar-refractivity contribution < 1.29 is 0 Å². The average Bonchev–Trinajstić information content (AvgIpc) is 3.12. The zero-order chi connectivity index (χ0) is 17.9. The molecular formula is C20H16ClN5. The molecule has 0 saturated heterocycles. The molecule has 0 amide bonds. The first-order valence-electron chi connectivity index (χ1n) is 8.15. The second kappa shape index (κ2) is 6.98. The fraction of sp³-hybridized carbons (Fsp3) is 0.0500. The van der Waals surface area contributed by atoms with E-state index >= 15 is 0 Å². The summed E-state index contributed by atoms with van der Waals surface area (Å²) in [7, 11) is 0. The third-order valence-corrected chi connectivity index (χ3v) is 4.35. The zero-order valence-corrected chi connectivity index (χ0v) is 14.6. The Morgan fingerprint density at radius 1 is 0.923 bits per heavy atom. The number of hydrogen-bond acceptors (Lipinski definition) is 4. The fourth-order valence-corrected chi connectivity index (χ4v) is 2.98. The standard InChI is InChI=1S/C20H16ClN5/c21-17-8-6-16(7-9-17)18-19(22)23-13-24-20(18)26-12-15(11-25-26)10-14-4-2-1-3-5-14/h1-9,11-13H,10H2,(H2,22,23,24). The maximum atomic E-state index is 6.13. The SMILES string of the molecule is Nc1ncnc(-n2cc(Cc3ccccc3)cn2)c1-c1ccc(Cl)cc1. The molecule has 0 spiro atoms. The molecule has 128 valence electrons. The molecular weight excluding hydrogens is 346 g/mol. The lowest BCUT2D eigenvalue weighted by molar-refractivity contribution is 0.842. The number of nitrogens with two attached hydrogens (primary N) is 1. The minimum Gasteiger partial charge on any atom is -0.383 e. The van der Waals surface area contributed by atoms with Crippen LogP contribution in [0, 0.1) is 0 Å². The molecule has 0 aliphatic heterocycles. The van der Waals surface area contributed by atoms with Crippen LogP contribution in [0.3, 0.4) is 0 Å². The summed E-state index contributed by atoms with van der Waals surface area (Å²) in [4.78, 5) is 8.54. The largest absolute Gasteiger partial charge is 0.383 e. The van der Waals surface area contributed by atoms with Gasteiger partial charge in [0.15, 0.2) is 5.82 Å². The Morgan fingerprint density at radius 2 is 1.69 bits per heavy atom. The highest BCUT2D eigenvalue weighted by atomic mass is 35.5. The van der Waals surface area contributed by atoms with Crippen molar-refractivity contribution in [1.82, 2.24) is 19.7 Å². The Morgan fingerprint density at radius 3 is 2.46 bits per heavy atom. The zero-order valence-electron chi connectivity index (χ0n) is 13.9. The first kappa shape index (κ1) is 16.3. The molecule has 0 radical (unpaired) electrons. The summed E-state index contributed by atoms with van der Waals surface area (Å²) in [5.41, 5.74) is 10.1. The van der Waals surface area contributed by atoms with Crippen LogP contribution < -0.4 is 5.73 Å². The highest BCUT2D eigenvalue weighted by Crippen LogP contribution is 2.30. The van der Waals surface area contributed by atoms with Crippen molar-refractivity contribution in [2.24, 2.45) is 0 Å². The van der Waals surface area contributed by atoms with Gasteiger partial charge in [-0.05, 0) is 28.8 Å². The highest BCUT2D eigenvalue weighted by molar-refractivity contribution is 6.30. The highest BCUT2D eigenvalue weighted by Gasteiger charge is 2.14. The fourth-order valence-electron chi connectivity index (χ4n) is 2.86. The van der Waals surface area contributed by atoms with Crippen molar-refractivity contribution in [2.45, 2.75) is 6.42 Å². The molecule has 2 aromatic heterocycles. The van der Waals surface area contributed by atoms with E-state index in [-0.39, 0.29) is 0 Å². The molecule has 2 heterocycles. The molecule has 0 fully saturated rings. The molecule has 26 heavy (non-hydrogen) atoms. The predicted octanol–water partition coefficient (Wildman–Crippen LogP) is 4.16. The van der Waals surface area contributed by atoms with Crippen LogP contribution >= 0.6 is 11.6 Å². The number of hydrogen-bond donors (Lipinski definition) is 1. The summed E-state index contributed by atoms with van der Waals surface area (Å²) in [6, 6.07) is 17.7. The molecule has 2 N–H and O–H groups in total. The summed E-state index contributed by atoms with van der Waals surface area (Å²) in [6.07, 6.45) is 6.06. The Kier molecular flexibility index (Phi) is 4.37. The van der Waals surface area contributed by atoms with Gasteiger partial charge in [0.05, 0.1) is 11.8 Å². The van der Waals surface area contributed by atoms with Crippen molar-refractivity contribution in [2.75, 3.05) is 5.73 Å². The number of aromatic nitrogens is 4. The van der Waals surface area contributed by atoms with Crippen LogP contribution in [0.4, 0.5) is 5.82 Å². The van der Waals surface area contributed by atoms with Crippen molar-refractivity contribution in [3.63, 3.8) is 0 Å². The summed E-state index contributed by atoms with van der Waals surface area (Å²) in [5.74, 6) is 1.04. The maximum absolute atomic E-state index is 6.13. The predicted molar refractivity (Wildman–Crippen MR) is 103 cm³/mol. The van der Waals surface area contributed by atoms with Crippen LogP contribution in [0.1, 0.15) is 11.1 Å². The van der Waals surface area contributed by atoms with Gasteiger partial charge in [-0.1, -0.05) is 54.1 Å². The molecule has 6 heteroatoms. The van der Waals surface area contributed by atoms with Gasteiger partial charge in [0.2, 0.25) is 0 Å². The van der Waals surface area contributed by atoms with Gasteiger partial charge in [-0.2, -0.15) is 5.10 Å². The first-order chi connectivity index (χ1) is 12.7. The Hall–Kier alpha value is -3.18. The summed E-state index contributed by atoms with van der Waals surface area (Å²) >= 11 is 6.00. The Balaban J connectivity index is 1.73. The minimum absolute atomic E-state index is 0.400. The first-order valence-corrected chi connectivity index (χ1v) is 8.53. The van der Waals surface area contributed by atoms with Crippen LogP contribution in [-0.2, 0) is 6.42 Å². The lowest BCUT2D eigenvalue weighted by Crippen LogP contribution is -2.05. The van der Waals surface area contributed by atoms with Crippen molar-refractivity contribution >= 4 is 17.4 Å². The smallest absolute Gasteiger partial charge is 0.166 e. The summed E-state index contributed by atoms with van der Waals surface area (Å²) in [6.45, 7) is 0. The van der Waals surface area contributed by atoms with Crippen molar-refractivity contribution in [3.8, 4) is 16.9 Å². The lowest BCUT2D eigenvalue weighted by Gasteiger charge is -2.10. The third-order valence-electron chi connectivity index (χ3n) is 4.09. The number of nitrogens with zero attached hydrogens (tertiary/aromatic N) is 4. The van der Waals surface area contributed by atoms with Gasteiger partial charge >= 0.3 is 0 Å². The van der Waals surface area contributed by atoms with E-state index in [1.165, 1.54) is 11.9 Å². The second-order valence-electron chi connectivity index (χ2n) is 5.92. The van der Waals surface area contributed by atoms with Gasteiger partial charge < -0.3 is 5.73 Å².